The molecular formula is C29H33Cl2N3O4S. The first-order chi connectivity index (χ1) is 18.6. The maximum atomic E-state index is 14.1. The van der Waals surface area contributed by atoms with Crippen molar-refractivity contribution in [1.29, 1.82) is 0 Å². The fraction of sp³-hybridized carbons (Fsp3) is 0.310. The minimum absolute atomic E-state index is 0.00431. The number of benzene rings is 3. The van der Waals surface area contributed by atoms with Gasteiger partial charge in [0, 0.05) is 13.1 Å². The number of hydrogen-bond acceptors (Lipinski definition) is 4. The minimum atomic E-state index is -4.23. The monoisotopic (exact) mass is 589 g/mol. The second-order valence-electron chi connectivity index (χ2n) is 9.06. The van der Waals surface area contributed by atoms with Crippen LogP contribution in [0.15, 0.2) is 77.7 Å². The summed E-state index contributed by atoms with van der Waals surface area (Å²) in [6, 6.07) is 19.2. The lowest BCUT2D eigenvalue weighted by Crippen LogP contribution is -2.52. The fourth-order valence-corrected chi connectivity index (χ4v) is 6.07. The molecule has 0 radical (unpaired) electrons. The van der Waals surface area contributed by atoms with Crippen LogP contribution in [0.4, 0.5) is 5.69 Å². The van der Waals surface area contributed by atoms with Crippen molar-refractivity contribution in [2.45, 2.75) is 51.1 Å². The summed E-state index contributed by atoms with van der Waals surface area (Å²) in [6.07, 6.45) is 1.08. The van der Waals surface area contributed by atoms with E-state index in [1.165, 1.54) is 29.2 Å². The summed E-state index contributed by atoms with van der Waals surface area (Å²) >= 11 is 12.7. The minimum Gasteiger partial charge on any atom is -0.354 e. The topological polar surface area (TPSA) is 86.8 Å². The van der Waals surface area contributed by atoms with Crippen molar-refractivity contribution in [2.75, 3.05) is 17.4 Å². The molecule has 2 amide bonds. The average molecular weight is 591 g/mol. The van der Waals surface area contributed by atoms with Gasteiger partial charge in [0.2, 0.25) is 11.8 Å². The van der Waals surface area contributed by atoms with Gasteiger partial charge in [-0.3, -0.25) is 13.9 Å². The molecule has 0 unspecified atom stereocenters. The van der Waals surface area contributed by atoms with Crippen LogP contribution in [0.25, 0.3) is 0 Å². The predicted molar refractivity (Wildman–Crippen MR) is 157 cm³/mol. The third kappa shape index (κ3) is 7.32. The van der Waals surface area contributed by atoms with E-state index in [4.69, 9.17) is 23.2 Å². The quantitative estimate of drug-likeness (QED) is 0.288. The molecule has 0 aliphatic rings. The summed E-state index contributed by atoms with van der Waals surface area (Å²) in [4.78, 5) is 28.6. The summed E-state index contributed by atoms with van der Waals surface area (Å²) in [6.45, 7) is 5.70. The molecule has 1 atom stereocenters. The number of hydrogen-bond donors (Lipinski definition) is 1. The molecule has 0 heterocycles. The third-order valence-electron chi connectivity index (χ3n) is 6.35. The SMILES string of the molecule is CCCNC(=O)[C@@H](CC)N(Cc1ccccc1C)C(=O)CN(c1cccc(Cl)c1Cl)S(=O)(=O)c1ccccc1. The molecule has 7 nitrogen and oxygen atoms in total. The van der Waals surface area contributed by atoms with Crippen molar-refractivity contribution < 1.29 is 18.0 Å². The summed E-state index contributed by atoms with van der Waals surface area (Å²) in [5.41, 5.74) is 1.87. The van der Waals surface area contributed by atoms with Crippen molar-refractivity contribution in [3.63, 3.8) is 0 Å². The Hall–Kier alpha value is -3.07. The number of nitrogens with zero attached hydrogens (tertiary/aromatic N) is 2. The van der Waals surface area contributed by atoms with Crippen LogP contribution in [0, 0.1) is 6.92 Å². The molecule has 3 aromatic rings. The number of anilines is 1. The lowest BCUT2D eigenvalue weighted by atomic mass is 10.1. The molecule has 0 aromatic heterocycles. The van der Waals surface area contributed by atoms with Crippen LogP contribution < -0.4 is 9.62 Å². The molecule has 0 spiro atoms. The lowest BCUT2D eigenvalue weighted by Gasteiger charge is -2.33. The second kappa shape index (κ2) is 13.8. The Morgan fingerprint density at radius 2 is 1.59 bits per heavy atom. The highest BCUT2D eigenvalue weighted by atomic mass is 35.5. The summed E-state index contributed by atoms with van der Waals surface area (Å²) in [5, 5.41) is 3.03. The molecule has 10 heteroatoms. The second-order valence-corrected chi connectivity index (χ2v) is 11.7. The molecule has 0 aliphatic carbocycles. The molecule has 0 fully saturated rings. The van der Waals surface area contributed by atoms with Gasteiger partial charge in [0.25, 0.3) is 10.0 Å². The van der Waals surface area contributed by atoms with Gasteiger partial charge in [-0.25, -0.2) is 8.42 Å². The van der Waals surface area contributed by atoms with Gasteiger partial charge in [-0.1, -0.05) is 85.6 Å². The zero-order valence-corrected chi connectivity index (χ0v) is 24.6. The van der Waals surface area contributed by atoms with E-state index in [0.29, 0.717) is 13.0 Å². The van der Waals surface area contributed by atoms with E-state index >= 15 is 0 Å². The van der Waals surface area contributed by atoms with Gasteiger partial charge >= 0.3 is 0 Å². The highest BCUT2D eigenvalue weighted by Crippen LogP contribution is 2.35. The largest absolute Gasteiger partial charge is 0.354 e. The van der Waals surface area contributed by atoms with Crippen molar-refractivity contribution in [3.8, 4) is 0 Å². The first-order valence-corrected chi connectivity index (χ1v) is 14.9. The highest BCUT2D eigenvalue weighted by Gasteiger charge is 2.34. The number of sulfonamides is 1. The molecule has 1 N–H and O–H groups in total. The normalized spacial score (nSPS) is 12.0. The fourth-order valence-electron chi connectivity index (χ4n) is 4.17. The van der Waals surface area contributed by atoms with Crippen LogP contribution in [0.5, 0.6) is 0 Å². The average Bonchev–Trinajstić information content (AvgIpc) is 2.93. The molecule has 0 saturated heterocycles. The maximum Gasteiger partial charge on any atom is 0.264 e. The number of nitrogens with one attached hydrogen (secondary N) is 1. The predicted octanol–water partition coefficient (Wildman–Crippen LogP) is 5.83. The van der Waals surface area contributed by atoms with Crippen LogP contribution in [-0.4, -0.2) is 44.3 Å². The van der Waals surface area contributed by atoms with E-state index in [0.717, 1.165) is 21.9 Å². The van der Waals surface area contributed by atoms with Crippen molar-refractivity contribution >= 4 is 50.7 Å². The van der Waals surface area contributed by atoms with Gasteiger partial charge in [-0.05, 0) is 55.2 Å². The molecule has 3 rings (SSSR count). The summed E-state index contributed by atoms with van der Waals surface area (Å²) in [7, 11) is -4.23. The number of rotatable bonds is 12. The zero-order chi connectivity index (χ0) is 28.6. The number of aryl methyl sites for hydroxylation is 1. The molecular weight excluding hydrogens is 557 g/mol. The molecule has 3 aromatic carbocycles. The van der Waals surface area contributed by atoms with Crippen molar-refractivity contribution in [1.82, 2.24) is 10.2 Å². The highest BCUT2D eigenvalue weighted by molar-refractivity contribution is 7.92. The number of carbonyl (C=O) groups is 2. The Morgan fingerprint density at radius 1 is 0.923 bits per heavy atom. The lowest BCUT2D eigenvalue weighted by molar-refractivity contribution is -0.140. The van der Waals surface area contributed by atoms with Crippen molar-refractivity contribution in [3.05, 3.63) is 94.0 Å². The molecule has 39 heavy (non-hydrogen) atoms. The standard InChI is InChI=1S/C29H33Cl2N3O4S/c1-4-18-32-29(36)25(5-2)33(19-22-13-10-9-12-21(22)3)27(35)20-34(26-17-11-16-24(30)28(26)31)39(37,38)23-14-7-6-8-15-23/h6-17,25H,4-5,18-20H2,1-3H3,(H,32,36)/t25-/m1/s1. The zero-order valence-electron chi connectivity index (χ0n) is 22.2. The van der Waals surface area contributed by atoms with E-state index in [9.17, 15) is 18.0 Å². The maximum absolute atomic E-state index is 14.1. The third-order valence-corrected chi connectivity index (χ3v) is 8.93. The Morgan fingerprint density at radius 3 is 2.23 bits per heavy atom. The van der Waals surface area contributed by atoms with E-state index in [1.54, 1.807) is 24.3 Å². The Bertz CT molecular complexity index is 1400. The smallest absolute Gasteiger partial charge is 0.264 e. The van der Waals surface area contributed by atoms with Crippen LogP contribution in [0.2, 0.25) is 10.0 Å². The van der Waals surface area contributed by atoms with Crippen LogP contribution in [0.3, 0.4) is 0 Å². The first-order valence-electron chi connectivity index (χ1n) is 12.7. The van der Waals surface area contributed by atoms with E-state index in [1.807, 2.05) is 45.0 Å². The number of halogens is 2. The van der Waals surface area contributed by atoms with Gasteiger partial charge in [0.1, 0.15) is 12.6 Å². The van der Waals surface area contributed by atoms with E-state index in [-0.39, 0.29) is 33.1 Å². The first kappa shape index (κ1) is 30.5. The Kier molecular flexibility index (Phi) is 10.8. The van der Waals surface area contributed by atoms with Crippen LogP contribution in [0.1, 0.15) is 37.8 Å². The van der Waals surface area contributed by atoms with Gasteiger partial charge in [-0.2, -0.15) is 0 Å². The summed E-state index contributed by atoms with van der Waals surface area (Å²) in [5.74, 6) is -0.841. The Labute approximate surface area is 240 Å². The van der Waals surface area contributed by atoms with Gasteiger partial charge in [-0.15, -0.1) is 0 Å². The van der Waals surface area contributed by atoms with Crippen molar-refractivity contribution in [2.24, 2.45) is 0 Å². The van der Waals surface area contributed by atoms with Gasteiger partial charge in [0.05, 0.1) is 20.6 Å². The Balaban J connectivity index is 2.09. The van der Waals surface area contributed by atoms with Gasteiger partial charge in [0.15, 0.2) is 0 Å². The van der Waals surface area contributed by atoms with Crippen LogP contribution in [-0.2, 0) is 26.2 Å². The number of amides is 2. The number of carbonyl (C=O) groups excluding carboxylic acids is 2. The molecule has 0 bridgehead atoms. The van der Waals surface area contributed by atoms with E-state index < -0.39 is 28.5 Å². The van der Waals surface area contributed by atoms with E-state index in [2.05, 4.69) is 5.32 Å². The van der Waals surface area contributed by atoms with Gasteiger partial charge < -0.3 is 10.2 Å². The molecule has 0 aliphatic heterocycles. The summed E-state index contributed by atoms with van der Waals surface area (Å²) < 4.78 is 28.7. The molecule has 0 saturated carbocycles. The molecule has 208 valence electrons. The van der Waals surface area contributed by atoms with Crippen LogP contribution >= 0.6 is 23.2 Å².